The molecule has 2 N–H and O–H groups in total. The van der Waals surface area contributed by atoms with Crippen molar-refractivity contribution in [2.75, 3.05) is 18.1 Å². The predicted molar refractivity (Wildman–Crippen MR) is 137 cm³/mol. The van der Waals surface area contributed by atoms with Crippen molar-refractivity contribution in [3.63, 3.8) is 0 Å². The number of carbonyl (C=O) groups is 2. The molecule has 0 aromatic heterocycles. The van der Waals surface area contributed by atoms with E-state index in [1.165, 1.54) is 24.3 Å². The molecule has 2 aliphatic rings. The summed E-state index contributed by atoms with van der Waals surface area (Å²) in [5.41, 5.74) is 2.94. The Morgan fingerprint density at radius 3 is 2.11 bits per heavy atom. The molecule has 0 aliphatic carbocycles. The Kier molecular flexibility index (Phi) is 7.34. The first-order valence-electron chi connectivity index (χ1n) is 11.9. The molecule has 2 fully saturated rings. The van der Waals surface area contributed by atoms with Gasteiger partial charge in [0, 0.05) is 13.2 Å². The van der Waals surface area contributed by atoms with Crippen molar-refractivity contribution in [2.45, 2.75) is 68.9 Å². The highest BCUT2D eigenvalue weighted by Gasteiger charge is 2.48. The fourth-order valence-electron chi connectivity index (χ4n) is 4.96. The molecule has 2 saturated heterocycles. The van der Waals surface area contributed by atoms with E-state index in [0.717, 1.165) is 26.8 Å². The second-order valence-corrected chi connectivity index (χ2v) is 13.0. The van der Waals surface area contributed by atoms with Crippen molar-refractivity contribution >= 4 is 37.5 Å². The third-order valence-electron chi connectivity index (χ3n) is 7.17. The lowest BCUT2D eigenvalue weighted by Crippen LogP contribution is -2.48. The molecule has 2 aliphatic heterocycles. The third-order valence-corrected chi connectivity index (χ3v) is 10.2. The summed E-state index contributed by atoms with van der Waals surface area (Å²) in [6, 6.07) is 5.65. The molecule has 0 bridgehead atoms. The molecule has 2 heterocycles. The quantitative estimate of drug-likeness (QED) is 0.521. The van der Waals surface area contributed by atoms with Crippen LogP contribution in [0.2, 0.25) is 0 Å². The van der Waals surface area contributed by atoms with Crippen LogP contribution in [0.15, 0.2) is 40.1 Å². The second kappa shape index (κ2) is 9.91. The Morgan fingerprint density at radius 2 is 1.59 bits per heavy atom. The molecular formula is C25H31N3O7S2. The SMILES string of the molecule is Cc1cc(C)c(C)c(S(=O)(=O)N(CC2CCCO2)C2CC(=O)N(c3ccc(S(N)(=O)=O)cc3)C2=O)c1C. The number of amides is 2. The molecule has 12 heteroatoms. The van der Waals surface area contributed by atoms with Gasteiger partial charge in [0.1, 0.15) is 6.04 Å². The number of primary sulfonamides is 1. The number of sulfonamides is 2. The topological polar surface area (TPSA) is 144 Å². The maximum atomic E-state index is 14.2. The minimum absolute atomic E-state index is 0.0594. The zero-order valence-corrected chi connectivity index (χ0v) is 22.9. The first-order valence-corrected chi connectivity index (χ1v) is 14.9. The summed E-state index contributed by atoms with van der Waals surface area (Å²) in [5, 5.41) is 5.14. The van der Waals surface area contributed by atoms with E-state index in [4.69, 9.17) is 9.88 Å². The highest BCUT2D eigenvalue weighted by molar-refractivity contribution is 7.89. The second-order valence-electron chi connectivity index (χ2n) is 9.63. The fourth-order valence-corrected chi connectivity index (χ4v) is 7.67. The first kappa shape index (κ1) is 27.4. The van der Waals surface area contributed by atoms with Crippen LogP contribution in [0.4, 0.5) is 5.69 Å². The zero-order chi connectivity index (χ0) is 27.3. The largest absolute Gasteiger partial charge is 0.377 e. The fraction of sp³-hybridized carbons (Fsp3) is 0.440. The predicted octanol–water partition coefficient (Wildman–Crippen LogP) is 2.07. The monoisotopic (exact) mass is 549 g/mol. The Hall–Kier alpha value is -2.64. The van der Waals surface area contributed by atoms with Crippen LogP contribution in [-0.2, 0) is 34.4 Å². The van der Waals surface area contributed by atoms with E-state index in [1.807, 2.05) is 19.9 Å². The van der Waals surface area contributed by atoms with E-state index in [0.29, 0.717) is 24.2 Å². The smallest absolute Gasteiger partial charge is 0.252 e. The molecule has 200 valence electrons. The van der Waals surface area contributed by atoms with E-state index in [2.05, 4.69) is 0 Å². The van der Waals surface area contributed by atoms with Crippen LogP contribution in [0, 0.1) is 27.7 Å². The maximum absolute atomic E-state index is 14.2. The lowest BCUT2D eigenvalue weighted by Gasteiger charge is -2.30. The molecular weight excluding hydrogens is 518 g/mol. The number of benzene rings is 2. The standard InChI is InChI=1S/C25H31N3O7S2/c1-15-12-16(2)18(4)24(17(15)3)37(33,34)27(14-20-6-5-11-35-20)22-13-23(29)28(25(22)30)19-7-9-21(10-8-19)36(26,31)32/h7-10,12,20,22H,5-6,11,13-14H2,1-4H3,(H2,26,31,32). The highest BCUT2D eigenvalue weighted by Crippen LogP contribution is 2.34. The van der Waals surface area contributed by atoms with E-state index >= 15 is 0 Å². The maximum Gasteiger partial charge on any atom is 0.252 e. The molecule has 0 spiro atoms. The summed E-state index contributed by atoms with van der Waals surface area (Å²) < 4.78 is 58.4. The van der Waals surface area contributed by atoms with Crippen molar-refractivity contribution in [3.8, 4) is 0 Å². The van der Waals surface area contributed by atoms with Crippen LogP contribution in [0.5, 0.6) is 0 Å². The summed E-state index contributed by atoms with van der Waals surface area (Å²) >= 11 is 0. The number of anilines is 1. The van der Waals surface area contributed by atoms with Crippen molar-refractivity contribution in [3.05, 3.63) is 52.6 Å². The summed E-state index contributed by atoms with van der Waals surface area (Å²) in [5.74, 6) is -1.28. The van der Waals surface area contributed by atoms with E-state index in [-0.39, 0.29) is 28.4 Å². The Bertz CT molecular complexity index is 1440. The normalized spacial score (nSPS) is 20.9. The van der Waals surface area contributed by atoms with Crippen LogP contribution < -0.4 is 10.0 Å². The number of aryl methyl sites for hydroxylation is 2. The van der Waals surface area contributed by atoms with Crippen molar-refractivity contribution in [1.29, 1.82) is 0 Å². The van der Waals surface area contributed by atoms with Crippen LogP contribution in [0.25, 0.3) is 0 Å². The molecule has 4 rings (SSSR count). The van der Waals surface area contributed by atoms with Gasteiger partial charge in [-0.05, 0) is 87.1 Å². The van der Waals surface area contributed by atoms with Gasteiger partial charge in [0.25, 0.3) is 5.91 Å². The minimum atomic E-state index is -4.21. The summed E-state index contributed by atoms with van der Waals surface area (Å²) in [7, 11) is -8.17. The lowest BCUT2D eigenvalue weighted by molar-refractivity contribution is -0.122. The van der Waals surface area contributed by atoms with Crippen LogP contribution in [0.1, 0.15) is 41.5 Å². The number of nitrogens with zero attached hydrogens (tertiary/aromatic N) is 2. The first-order chi connectivity index (χ1) is 17.2. The number of hydrogen-bond donors (Lipinski definition) is 1. The van der Waals surface area contributed by atoms with Gasteiger partial charge < -0.3 is 4.74 Å². The van der Waals surface area contributed by atoms with Gasteiger partial charge in [-0.2, -0.15) is 4.31 Å². The lowest BCUT2D eigenvalue weighted by atomic mass is 10.0. The van der Waals surface area contributed by atoms with Gasteiger partial charge >= 0.3 is 0 Å². The van der Waals surface area contributed by atoms with Gasteiger partial charge in [0.05, 0.1) is 28.0 Å². The van der Waals surface area contributed by atoms with E-state index in [1.54, 1.807) is 13.8 Å². The van der Waals surface area contributed by atoms with Crippen molar-refractivity contribution < 1.29 is 31.2 Å². The average Bonchev–Trinajstić information content (AvgIpc) is 3.43. The van der Waals surface area contributed by atoms with Gasteiger partial charge in [-0.25, -0.2) is 26.9 Å². The molecule has 2 aromatic rings. The van der Waals surface area contributed by atoms with E-state index in [9.17, 15) is 26.4 Å². The van der Waals surface area contributed by atoms with Gasteiger partial charge in [-0.1, -0.05) is 6.07 Å². The highest BCUT2D eigenvalue weighted by atomic mass is 32.2. The van der Waals surface area contributed by atoms with Crippen LogP contribution >= 0.6 is 0 Å². The van der Waals surface area contributed by atoms with Crippen LogP contribution in [-0.4, -0.2) is 58.3 Å². The number of ether oxygens (including phenoxy) is 1. The minimum Gasteiger partial charge on any atom is -0.377 e. The number of hydrogen-bond acceptors (Lipinski definition) is 7. The molecule has 2 aromatic carbocycles. The Morgan fingerprint density at radius 1 is 1.00 bits per heavy atom. The molecule has 37 heavy (non-hydrogen) atoms. The number of imide groups is 1. The number of nitrogens with two attached hydrogens (primary N) is 1. The Balaban J connectivity index is 1.77. The summed E-state index contributed by atoms with van der Waals surface area (Å²) in [6.45, 7) is 7.58. The van der Waals surface area contributed by atoms with Crippen molar-refractivity contribution in [2.24, 2.45) is 5.14 Å². The molecule has 2 atom stereocenters. The molecule has 0 saturated carbocycles. The average molecular weight is 550 g/mol. The van der Waals surface area contributed by atoms with Crippen molar-refractivity contribution in [1.82, 2.24) is 4.31 Å². The molecule has 2 unspecified atom stereocenters. The molecule has 2 amide bonds. The Labute approximate surface area is 217 Å². The van der Waals surface area contributed by atoms with Gasteiger partial charge in [-0.15, -0.1) is 0 Å². The molecule has 10 nitrogen and oxygen atoms in total. The number of carbonyl (C=O) groups excluding carboxylic acids is 2. The van der Waals surface area contributed by atoms with Gasteiger partial charge in [0.2, 0.25) is 26.0 Å². The van der Waals surface area contributed by atoms with E-state index < -0.39 is 44.0 Å². The zero-order valence-electron chi connectivity index (χ0n) is 21.2. The summed E-state index contributed by atoms with van der Waals surface area (Å²) in [6.07, 6.45) is 0.683. The van der Waals surface area contributed by atoms with Gasteiger partial charge in [-0.3, -0.25) is 9.59 Å². The van der Waals surface area contributed by atoms with Crippen LogP contribution in [0.3, 0.4) is 0 Å². The molecule has 0 radical (unpaired) electrons. The third kappa shape index (κ3) is 5.08. The van der Waals surface area contributed by atoms with Gasteiger partial charge in [0.15, 0.2) is 0 Å². The number of rotatable bonds is 7. The summed E-state index contributed by atoms with van der Waals surface area (Å²) in [4.78, 5) is 27.5.